The van der Waals surface area contributed by atoms with Gasteiger partial charge in [-0.3, -0.25) is 0 Å². The van der Waals surface area contributed by atoms with Gasteiger partial charge in [-0.2, -0.15) is 5.10 Å². The lowest BCUT2D eigenvalue weighted by Gasteiger charge is -2.13. The molecule has 0 saturated heterocycles. The van der Waals surface area contributed by atoms with Crippen molar-refractivity contribution in [3.63, 3.8) is 0 Å². The minimum atomic E-state index is 0.415. The molecule has 30 heavy (non-hydrogen) atoms. The zero-order valence-corrected chi connectivity index (χ0v) is 17.2. The van der Waals surface area contributed by atoms with E-state index in [4.69, 9.17) is 18.9 Å². The zero-order valence-electron chi connectivity index (χ0n) is 17.2. The second-order valence-corrected chi connectivity index (χ2v) is 6.35. The largest absolute Gasteiger partial charge is 0.491 e. The normalized spacial score (nSPS) is 11.0. The third kappa shape index (κ3) is 6.89. The van der Waals surface area contributed by atoms with E-state index < -0.39 is 0 Å². The van der Waals surface area contributed by atoms with Crippen LogP contribution in [-0.2, 0) is 4.74 Å². The molecule has 0 aliphatic rings. The molecule has 0 saturated carbocycles. The van der Waals surface area contributed by atoms with Gasteiger partial charge in [0, 0.05) is 0 Å². The van der Waals surface area contributed by atoms with Gasteiger partial charge < -0.3 is 18.9 Å². The minimum Gasteiger partial charge on any atom is -0.491 e. The van der Waals surface area contributed by atoms with E-state index in [1.54, 1.807) is 6.21 Å². The van der Waals surface area contributed by atoms with Crippen LogP contribution in [0, 0.1) is 6.92 Å². The Hall–Kier alpha value is -3.39. The number of benzene rings is 2. The predicted octanol–water partition coefficient (Wildman–Crippen LogP) is 3.34. The van der Waals surface area contributed by atoms with Crippen molar-refractivity contribution in [2.24, 2.45) is 5.10 Å². The van der Waals surface area contributed by atoms with Gasteiger partial charge in [-0.25, -0.2) is 4.68 Å². The van der Waals surface area contributed by atoms with E-state index in [1.165, 1.54) is 22.9 Å². The summed E-state index contributed by atoms with van der Waals surface area (Å²) in [5.41, 5.74) is 2.09. The van der Waals surface area contributed by atoms with Gasteiger partial charge >= 0.3 is 0 Å². The van der Waals surface area contributed by atoms with Crippen LogP contribution < -0.4 is 14.2 Å². The summed E-state index contributed by atoms with van der Waals surface area (Å²) in [4.78, 5) is 0. The summed E-state index contributed by atoms with van der Waals surface area (Å²) in [5, 5.41) is 11.7. The van der Waals surface area contributed by atoms with Crippen molar-refractivity contribution >= 4 is 6.21 Å². The molecular formula is C22H26N4O4. The maximum atomic E-state index is 5.81. The highest BCUT2D eigenvalue weighted by atomic mass is 16.6. The Morgan fingerprint density at radius 3 is 2.33 bits per heavy atom. The molecule has 0 fully saturated rings. The van der Waals surface area contributed by atoms with Gasteiger partial charge in [-0.05, 0) is 49.7 Å². The summed E-state index contributed by atoms with van der Waals surface area (Å²) in [6.45, 7) is 6.37. The van der Waals surface area contributed by atoms with Crippen LogP contribution in [0.5, 0.6) is 17.2 Å². The molecule has 8 heteroatoms. The van der Waals surface area contributed by atoms with Crippen LogP contribution in [0.1, 0.15) is 18.1 Å². The monoisotopic (exact) mass is 410 g/mol. The number of nitrogens with zero attached hydrogens (tertiary/aromatic N) is 4. The third-order valence-electron chi connectivity index (χ3n) is 4.02. The molecule has 0 amide bonds. The molecule has 0 aliphatic heterocycles. The Balaban J connectivity index is 1.41. The Kier molecular flexibility index (Phi) is 8.23. The molecule has 0 spiro atoms. The van der Waals surface area contributed by atoms with Crippen molar-refractivity contribution in [3.8, 4) is 17.2 Å². The first-order valence-electron chi connectivity index (χ1n) is 9.80. The van der Waals surface area contributed by atoms with Crippen molar-refractivity contribution < 1.29 is 18.9 Å². The third-order valence-corrected chi connectivity index (χ3v) is 4.02. The summed E-state index contributed by atoms with van der Waals surface area (Å²) < 4.78 is 24.2. The molecule has 8 nitrogen and oxygen atoms in total. The molecule has 0 radical (unpaired) electrons. The molecule has 0 atom stereocenters. The Bertz CT molecular complexity index is 911. The van der Waals surface area contributed by atoms with Crippen molar-refractivity contribution in [2.45, 2.75) is 13.8 Å². The highest BCUT2D eigenvalue weighted by molar-refractivity contribution is 5.80. The molecule has 0 unspecified atom stereocenters. The van der Waals surface area contributed by atoms with Gasteiger partial charge in [0.1, 0.15) is 31.6 Å². The molecule has 3 rings (SSSR count). The van der Waals surface area contributed by atoms with Crippen LogP contribution in [0.15, 0.2) is 60.2 Å². The predicted molar refractivity (Wildman–Crippen MR) is 114 cm³/mol. The second kappa shape index (κ2) is 11.6. The smallest absolute Gasteiger partial charge is 0.161 e. The molecule has 2 aromatic carbocycles. The highest BCUT2D eigenvalue weighted by Crippen LogP contribution is 2.28. The lowest BCUT2D eigenvalue weighted by Crippen LogP contribution is -2.12. The van der Waals surface area contributed by atoms with E-state index >= 15 is 0 Å². The highest BCUT2D eigenvalue weighted by Gasteiger charge is 2.06. The van der Waals surface area contributed by atoms with E-state index in [1.807, 2.05) is 56.3 Å². The first-order chi connectivity index (χ1) is 14.7. The lowest BCUT2D eigenvalue weighted by molar-refractivity contribution is 0.0755. The average molecular weight is 410 g/mol. The van der Waals surface area contributed by atoms with E-state index in [2.05, 4.69) is 15.3 Å². The second-order valence-electron chi connectivity index (χ2n) is 6.35. The Morgan fingerprint density at radius 2 is 1.60 bits per heavy atom. The number of hydrogen-bond donors (Lipinski definition) is 0. The van der Waals surface area contributed by atoms with Gasteiger partial charge in [0.15, 0.2) is 11.5 Å². The molecule has 158 valence electrons. The van der Waals surface area contributed by atoms with Crippen LogP contribution in [0.2, 0.25) is 0 Å². The SMILES string of the molecule is CCOc1cc(/C=N/n2cnnc2)ccc1OCCOCCOc1ccc(C)cc1. The van der Waals surface area contributed by atoms with E-state index in [-0.39, 0.29) is 0 Å². The fourth-order valence-electron chi connectivity index (χ4n) is 2.55. The summed E-state index contributed by atoms with van der Waals surface area (Å²) in [5.74, 6) is 2.17. The van der Waals surface area contributed by atoms with E-state index in [0.29, 0.717) is 44.5 Å². The maximum Gasteiger partial charge on any atom is 0.161 e. The molecule has 3 aromatic rings. The lowest BCUT2D eigenvalue weighted by atomic mass is 10.2. The zero-order chi connectivity index (χ0) is 21.0. The molecular weight excluding hydrogens is 384 g/mol. The first kappa shape index (κ1) is 21.3. The minimum absolute atomic E-state index is 0.415. The molecule has 0 N–H and O–H groups in total. The van der Waals surface area contributed by atoms with Crippen molar-refractivity contribution in [2.75, 3.05) is 33.0 Å². The number of aromatic nitrogens is 3. The fraction of sp³-hybridized carbons (Fsp3) is 0.318. The van der Waals surface area contributed by atoms with E-state index in [0.717, 1.165) is 11.3 Å². The number of aryl methyl sites for hydroxylation is 1. The number of ether oxygens (including phenoxy) is 4. The van der Waals surface area contributed by atoms with E-state index in [9.17, 15) is 0 Å². The van der Waals surface area contributed by atoms with Crippen LogP contribution in [0.25, 0.3) is 0 Å². The van der Waals surface area contributed by atoms with Crippen molar-refractivity contribution in [3.05, 3.63) is 66.2 Å². The van der Waals surface area contributed by atoms with Gasteiger partial charge in [0.2, 0.25) is 0 Å². The average Bonchev–Trinajstić information content (AvgIpc) is 3.28. The molecule has 1 aromatic heterocycles. The van der Waals surface area contributed by atoms with Gasteiger partial charge in [-0.1, -0.05) is 17.7 Å². The summed E-state index contributed by atoms with van der Waals surface area (Å²) in [6.07, 6.45) is 4.74. The van der Waals surface area contributed by atoms with Crippen molar-refractivity contribution in [1.82, 2.24) is 14.9 Å². The Labute approximate surface area is 176 Å². The standard InChI is InChI=1S/C22H26N4O4/c1-3-28-22-14-19(15-25-26-16-23-24-17-26)6-9-21(22)30-13-11-27-10-12-29-20-7-4-18(2)5-8-20/h4-9,14-17H,3,10-13H2,1-2H3/b25-15+. The Morgan fingerprint density at radius 1 is 0.867 bits per heavy atom. The van der Waals surface area contributed by atoms with Crippen molar-refractivity contribution in [1.29, 1.82) is 0 Å². The first-order valence-corrected chi connectivity index (χ1v) is 9.80. The molecule has 1 heterocycles. The maximum absolute atomic E-state index is 5.81. The van der Waals surface area contributed by atoms with Crippen LogP contribution >= 0.6 is 0 Å². The fourth-order valence-corrected chi connectivity index (χ4v) is 2.55. The summed E-state index contributed by atoms with van der Waals surface area (Å²) in [7, 11) is 0. The number of rotatable bonds is 12. The number of hydrogen-bond acceptors (Lipinski definition) is 7. The summed E-state index contributed by atoms with van der Waals surface area (Å²) in [6, 6.07) is 13.6. The topological polar surface area (TPSA) is 80.0 Å². The molecule has 0 bridgehead atoms. The van der Waals surface area contributed by atoms with Gasteiger partial charge in [0.25, 0.3) is 0 Å². The van der Waals surface area contributed by atoms with Crippen LogP contribution in [-0.4, -0.2) is 54.1 Å². The molecule has 0 aliphatic carbocycles. The van der Waals surface area contributed by atoms with Gasteiger partial charge in [0.05, 0.1) is 26.0 Å². The van der Waals surface area contributed by atoms with Crippen LogP contribution in [0.3, 0.4) is 0 Å². The van der Waals surface area contributed by atoms with Crippen LogP contribution in [0.4, 0.5) is 0 Å². The summed E-state index contributed by atoms with van der Waals surface area (Å²) >= 11 is 0. The quantitative estimate of drug-likeness (QED) is 0.337. The van der Waals surface area contributed by atoms with Gasteiger partial charge in [-0.15, -0.1) is 10.2 Å².